The quantitative estimate of drug-likeness (QED) is 0.506. The molecule has 114 valence electrons. The van der Waals surface area contributed by atoms with Crippen molar-refractivity contribution < 1.29 is 4.79 Å². The van der Waals surface area contributed by atoms with Crippen LogP contribution in [0.1, 0.15) is 13.3 Å². The summed E-state index contributed by atoms with van der Waals surface area (Å²) in [6, 6.07) is 13.5. The van der Waals surface area contributed by atoms with E-state index in [0.717, 1.165) is 35.1 Å². The molecule has 1 saturated heterocycles. The van der Waals surface area contributed by atoms with Gasteiger partial charge in [0.05, 0.1) is 5.69 Å². The van der Waals surface area contributed by atoms with Crippen LogP contribution in [0.5, 0.6) is 0 Å². The fraction of sp³-hybridized carbons (Fsp3) is 0.294. The summed E-state index contributed by atoms with van der Waals surface area (Å²) < 4.78 is 0. The number of urea groups is 1. The SMILES string of the molecule is C/C(CCN1CC1)=N\NC(=O)Nc1cccc2ccccc12. The number of hydrogen-bond donors (Lipinski definition) is 2. The molecule has 5 nitrogen and oxygen atoms in total. The summed E-state index contributed by atoms with van der Waals surface area (Å²) in [6.07, 6.45) is 0.883. The van der Waals surface area contributed by atoms with Crippen LogP contribution < -0.4 is 10.7 Å². The van der Waals surface area contributed by atoms with Gasteiger partial charge in [-0.05, 0) is 24.8 Å². The van der Waals surface area contributed by atoms with E-state index in [9.17, 15) is 4.79 Å². The highest BCUT2D eigenvalue weighted by Gasteiger charge is 2.16. The topological polar surface area (TPSA) is 56.5 Å². The van der Waals surface area contributed by atoms with Gasteiger partial charge in [0.2, 0.25) is 0 Å². The van der Waals surface area contributed by atoms with E-state index in [-0.39, 0.29) is 6.03 Å². The van der Waals surface area contributed by atoms with Crippen LogP contribution in [0, 0.1) is 0 Å². The molecule has 0 spiro atoms. The average molecular weight is 296 g/mol. The summed E-state index contributed by atoms with van der Waals surface area (Å²) in [5.74, 6) is 0. The maximum Gasteiger partial charge on any atom is 0.339 e. The van der Waals surface area contributed by atoms with Crippen molar-refractivity contribution in [1.29, 1.82) is 0 Å². The number of amides is 2. The molecule has 5 heteroatoms. The molecular weight excluding hydrogens is 276 g/mol. The Balaban J connectivity index is 1.59. The summed E-state index contributed by atoms with van der Waals surface area (Å²) in [5.41, 5.74) is 4.27. The molecule has 2 amide bonds. The second kappa shape index (κ2) is 6.58. The maximum atomic E-state index is 12.0. The molecule has 0 aromatic heterocycles. The number of nitrogens with zero attached hydrogens (tertiary/aromatic N) is 2. The molecule has 2 aromatic rings. The average Bonchev–Trinajstić information content (AvgIpc) is 3.36. The van der Waals surface area contributed by atoms with E-state index in [4.69, 9.17) is 0 Å². The molecule has 1 heterocycles. The third-order valence-electron chi connectivity index (χ3n) is 3.72. The number of nitrogens with one attached hydrogen (secondary N) is 2. The van der Waals surface area contributed by atoms with Crippen LogP contribution in [0.25, 0.3) is 10.8 Å². The highest BCUT2D eigenvalue weighted by molar-refractivity contribution is 6.01. The molecular formula is C17H20N4O. The first kappa shape index (κ1) is 14.5. The van der Waals surface area contributed by atoms with E-state index in [1.54, 1.807) is 0 Å². The fourth-order valence-corrected chi connectivity index (χ4v) is 2.30. The number of anilines is 1. The van der Waals surface area contributed by atoms with Gasteiger partial charge in [0.15, 0.2) is 0 Å². The van der Waals surface area contributed by atoms with Gasteiger partial charge < -0.3 is 10.2 Å². The molecule has 0 atom stereocenters. The third kappa shape index (κ3) is 3.83. The van der Waals surface area contributed by atoms with Gasteiger partial charge >= 0.3 is 6.03 Å². The van der Waals surface area contributed by atoms with Gasteiger partial charge in [-0.2, -0.15) is 5.10 Å². The number of fused-ring (bicyclic) bond motifs is 1. The van der Waals surface area contributed by atoms with E-state index in [1.807, 2.05) is 49.4 Å². The molecule has 0 aliphatic carbocycles. The van der Waals surface area contributed by atoms with Crippen molar-refractivity contribution in [3.63, 3.8) is 0 Å². The summed E-state index contributed by atoms with van der Waals surface area (Å²) in [7, 11) is 0. The molecule has 1 fully saturated rings. The Morgan fingerprint density at radius 2 is 1.95 bits per heavy atom. The van der Waals surface area contributed by atoms with Crippen molar-refractivity contribution in [2.75, 3.05) is 25.0 Å². The van der Waals surface area contributed by atoms with Gasteiger partial charge in [0.1, 0.15) is 0 Å². The molecule has 1 aliphatic heterocycles. The third-order valence-corrected chi connectivity index (χ3v) is 3.72. The first-order valence-corrected chi connectivity index (χ1v) is 7.52. The lowest BCUT2D eigenvalue weighted by Gasteiger charge is -2.08. The minimum atomic E-state index is -0.317. The Labute approximate surface area is 130 Å². The normalized spacial score (nSPS) is 14.9. The van der Waals surface area contributed by atoms with Gasteiger partial charge in [-0.25, -0.2) is 10.2 Å². The fourth-order valence-electron chi connectivity index (χ4n) is 2.30. The summed E-state index contributed by atoms with van der Waals surface area (Å²) in [5, 5.41) is 9.09. The van der Waals surface area contributed by atoms with Crippen LogP contribution in [-0.2, 0) is 0 Å². The molecule has 1 aliphatic rings. The predicted octanol–water partition coefficient (Wildman–Crippen LogP) is 3.04. The summed E-state index contributed by atoms with van der Waals surface area (Å²) in [6.45, 7) is 5.31. The minimum absolute atomic E-state index is 0.317. The first-order valence-electron chi connectivity index (χ1n) is 7.52. The van der Waals surface area contributed by atoms with Crippen LogP contribution in [0.3, 0.4) is 0 Å². The van der Waals surface area contributed by atoms with E-state index >= 15 is 0 Å². The van der Waals surface area contributed by atoms with Crippen molar-refractivity contribution >= 4 is 28.2 Å². The Kier molecular flexibility index (Phi) is 4.34. The monoisotopic (exact) mass is 296 g/mol. The van der Waals surface area contributed by atoms with Crippen molar-refractivity contribution in [1.82, 2.24) is 10.3 Å². The summed E-state index contributed by atoms with van der Waals surface area (Å²) >= 11 is 0. The zero-order valence-corrected chi connectivity index (χ0v) is 12.7. The van der Waals surface area contributed by atoms with Crippen molar-refractivity contribution in [2.24, 2.45) is 5.10 Å². The van der Waals surface area contributed by atoms with Crippen LogP contribution in [0.15, 0.2) is 47.6 Å². The minimum Gasteiger partial charge on any atom is -0.306 e. The highest BCUT2D eigenvalue weighted by Crippen LogP contribution is 2.22. The van der Waals surface area contributed by atoms with Crippen molar-refractivity contribution in [3.8, 4) is 0 Å². The smallest absolute Gasteiger partial charge is 0.306 e. The van der Waals surface area contributed by atoms with Gasteiger partial charge in [-0.1, -0.05) is 36.4 Å². The first-order chi connectivity index (χ1) is 10.7. The standard InChI is InChI=1S/C17H20N4O/c1-13(9-10-21-11-12-21)19-20-17(22)18-16-8-4-6-14-5-2-3-7-15(14)16/h2-8H,9-12H2,1H3,(H2,18,20,22)/b19-13+. The number of benzene rings is 2. The predicted molar refractivity (Wildman–Crippen MR) is 90.3 cm³/mol. The van der Waals surface area contributed by atoms with Crippen LogP contribution in [0.4, 0.5) is 10.5 Å². The molecule has 0 bridgehead atoms. The number of carbonyl (C=O) groups is 1. The number of hydrazone groups is 1. The second-order valence-electron chi connectivity index (χ2n) is 5.53. The van der Waals surface area contributed by atoms with Crippen LogP contribution in [-0.4, -0.2) is 36.3 Å². The molecule has 3 rings (SSSR count). The Morgan fingerprint density at radius 3 is 2.77 bits per heavy atom. The van der Waals surface area contributed by atoms with Crippen molar-refractivity contribution in [2.45, 2.75) is 13.3 Å². The number of rotatable bonds is 5. The van der Waals surface area contributed by atoms with Crippen molar-refractivity contribution in [3.05, 3.63) is 42.5 Å². The highest BCUT2D eigenvalue weighted by atomic mass is 16.2. The Hall–Kier alpha value is -2.40. The van der Waals surface area contributed by atoms with E-state index in [1.165, 1.54) is 13.1 Å². The van der Waals surface area contributed by atoms with E-state index in [0.29, 0.717) is 0 Å². The molecule has 0 saturated carbocycles. The van der Waals surface area contributed by atoms with E-state index < -0.39 is 0 Å². The molecule has 0 unspecified atom stereocenters. The largest absolute Gasteiger partial charge is 0.339 e. The molecule has 2 aromatic carbocycles. The lowest BCUT2D eigenvalue weighted by molar-refractivity contribution is 0.252. The van der Waals surface area contributed by atoms with Gasteiger partial charge in [-0.15, -0.1) is 0 Å². The van der Waals surface area contributed by atoms with Gasteiger partial charge in [0, 0.05) is 30.7 Å². The van der Waals surface area contributed by atoms with Crippen LogP contribution in [0.2, 0.25) is 0 Å². The second-order valence-corrected chi connectivity index (χ2v) is 5.53. The Bertz CT molecular complexity index is 701. The van der Waals surface area contributed by atoms with E-state index in [2.05, 4.69) is 20.7 Å². The maximum absolute atomic E-state index is 12.0. The van der Waals surface area contributed by atoms with Gasteiger partial charge in [0.25, 0.3) is 0 Å². The lowest BCUT2D eigenvalue weighted by atomic mass is 10.1. The zero-order valence-electron chi connectivity index (χ0n) is 12.7. The Morgan fingerprint density at radius 1 is 1.18 bits per heavy atom. The molecule has 2 N–H and O–H groups in total. The van der Waals surface area contributed by atoms with Gasteiger partial charge in [-0.3, -0.25) is 0 Å². The summed E-state index contributed by atoms with van der Waals surface area (Å²) in [4.78, 5) is 14.3. The molecule has 0 radical (unpaired) electrons. The number of carbonyl (C=O) groups excluding carboxylic acids is 1. The number of hydrogen-bond acceptors (Lipinski definition) is 3. The zero-order chi connectivity index (χ0) is 15.4. The lowest BCUT2D eigenvalue weighted by Crippen LogP contribution is -2.25. The molecule has 22 heavy (non-hydrogen) atoms. The van der Waals surface area contributed by atoms with Crippen LogP contribution >= 0.6 is 0 Å².